The summed E-state index contributed by atoms with van der Waals surface area (Å²) in [4.78, 5) is 39.8. The van der Waals surface area contributed by atoms with Crippen molar-refractivity contribution in [3.8, 4) is 0 Å². The molecule has 33 heavy (non-hydrogen) atoms. The highest BCUT2D eigenvalue weighted by molar-refractivity contribution is 5.93. The fourth-order valence-electron chi connectivity index (χ4n) is 3.54. The van der Waals surface area contributed by atoms with E-state index in [0.717, 1.165) is 18.5 Å². The maximum atomic E-state index is 13.3. The average Bonchev–Trinajstić information content (AvgIpc) is 3.35. The van der Waals surface area contributed by atoms with Gasteiger partial charge in [0.2, 0.25) is 5.91 Å². The maximum Gasteiger partial charge on any atom is 0.322 e. The molecule has 0 aliphatic heterocycles. The van der Waals surface area contributed by atoms with Crippen LogP contribution in [0.3, 0.4) is 0 Å². The molecule has 2 heterocycles. The molecule has 1 aromatic carbocycles. The fourth-order valence-corrected chi connectivity index (χ4v) is 3.54. The topological polar surface area (TPSA) is 114 Å². The Labute approximate surface area is 190 Å². The molecule has 1 N–H and O–H groups in total. The normalized spacial score (nSPS) is 12.9. The van der Waals surface area contributed by atoms with Crippen molar-refractivity contribution in [1.29, 1.82) is 0 Å². The average molecular weight is 451 g/mol. The minimum absolute atomic E-state index is 0.00695. The first-order valence-electron chi connectivity index (χ1n) is 10.6. The van der Waals surface area contributed by atoms with Gasteiger partial charge in [0.1, 0.15) is 12.3 Å². The highest BCUT2D eigenvalue weighted by Crippen LogP contribution is 2.28. The molecule has 0 unspecified atom stereocenters. The summed E-state index contributed by atoms with van der Waals surface area (Å²) in [5.41, 5.74) is 1.33. The van der Waals surface area contributed by atoms with E-state index < -0.39 is 11.0 Å². The maximum absolute atomic E-state index is 13.3. The van der Waals surface area contributed by atoms with Gasteiger partial charge in [-0.05, 0) is 49.2 Å². The van der Waals surface area contributed by atoms with Crippen molar-refractivity contribution in [3.05, 3.63) is 82.6 Å². The van der Waals surface area contributed by atoms with Crippen molar-refractivity contribution in [2.75, 3.05) is 11.9 Å². The van der Waals surface area contributed by atoms with Crippen LogP contribution in [-0.2, 0) is 24.9 Å². The molecule has 10 nitrogen and oxygen atoms in total. The van der Waals surface area contributed by atoms with Crippen LogP contribution >= 0.6 is 0 Å². The van der Waals surface area contributed by atoms with E-state index in [1.807, 2.05) is 36.0 Å². The van der Waals surface area contributed by atoms with Gasteiger partial charge in [-0.1, -0.05) is 0 Å². The van der Waals surface area contributed by atoms with Gasteiger partial charge in [-0.15, -0.1) is 0 Å². The number of carbonyl (C=O) groups is 2. The molecule has 2 aromatic heterocycles. The number of hydrogen-bond acceptors (Lipinski definition) is 5. The van der Waals surface area contributed by atoms with Gasteiger partial charge in [0.25, 0.3) is 5.69 Å². The number of anilines is 1. The number of urea groups is 1. The number of nitrogens with zero attached hydrogens (tertiary/aromatic N) is 4. The van der Waals surface area contributed by atoms with E-state index in [0.29, 0.717) is 24.5 Å². The summed E-state index contributed by atoms with van der Waals surface area (Å²) in [5, 5.41) is 13.6. The van der Waals surface area contributed by atoms with E-state index in [1.54, 1.807) is 17.2 Å². The van der Waals surface area contributed by atoms with E-state index in [4.69, 9.17) is 4.42 Å². The smallest absolute Gasteiger partial charge is 0.322 e. The lowest BCUT2D eigenvalue weighted by Crippen LogP contribution is -2.45. The Balaban J connectivity index is 1.46. The highest BCUT2D eigenvalue weighted by Gasteiger charge is 2.35. The quantitative estimate of drug-likeness (QED) is 0.393. The molecule has 0 spiro atoms. The summed E-state index contributed by atoms with van der Waals surface area (Å²) in [6.07, 6.45) is 5.14. The zero-order valence-electron chi connectivity index (χ0n) is 18.2. The Bertz CT molecular complexity index is 1120. The first-order chi connectivity index (χ1) is 15.9. The number of nitro groups is 1. The molecule has 1 fully saturated rings. The zero-order chi connectivity index (χ0) is 23.4. The number of carbonyl (C=O) groups excluding carboxylic acids is 2. The number of furan rings is 1. The van der Waals surface area contributed by atoms with Crippen LogP contribution in [0.2, 0.25) is 0 Å². The number of nitro benzene ring substituents is 1. The number of nitrogens with one attached hydrogen (secondary N) is 1. The van der Waals surface area contributed by atoms with Crippen LogP contribution in [-0.4, -0.2) is 43.8 Å². The lowest BCUT2D eigenvalue weighted by Gasteiger charge is -2.27. The van der Waals surface area contributed by atoms with Crippen molar-refractivity contribution in [3.63, 3.8) is 0 Å². The molecule has 1 saturated carbocycles. The first-order valence-corrected chi connectivity index (χ1v) is 10.6. The molecule has 3 amide bonds. The van der Waals surface area contributed by atoms with E-state index in [9.17, 15) is 19.7 Å². The van der Waals surface area contributed by atoms with Crippen molar-refractivity contribution in [2.24, 2.45) is 7.05 Å². The zero-order valence-corrected chi connectivity index (χ0v) is 18.2. The minimum Gasteiger partial charge on any atom is -0.467 e. The molecule has 0 atom stereocenters. The van der Waals surface area contributed by atoms with Crippen LogP contribution in [0.25, 0.3) is 0 Å². The third kappa shape index (κ3) is 5.59. The van der Waals surface area contributed by atoms with Crippen LogP contribution in [0.5, 0.6) is 0 Å². The Morgan fingerprint density at radius 1 is 1.15 bits per heavy atom. The Hall–Kier alpha value is -4.08. The van der Waals surface area contributed by atoms with Gasteiger partial charge >= 0.3 is 6.03 Å². The Kier molecular flexibility index (Phi) is 6.43. The first kappa shape index (κ1) is 22.1. The summed E-state index contributed by atoms with van der Waals surface area (Å²) in [6.45, 7) is 0.597. The SMILES string of the molecule is Cn1cccc1CN(Cc1ccco1)C(=O)CN(C(=O)Nc1ccc([N+](=O)[O-])cc1)C1CC1. The van der Waals surface area contributed by atoms with Crippen molar-refractivity contribution < 1.29 is 18.9 Å². The van der Waals surface area contributed by atoms with Crippen molar-refractivity contribution in [2.45, 2.75) is 32.0 Å². The molecule has 1 aliphatic rings. The molecule has 0 saturated heterocycles. The predicted molar refractivity (Wildman–Crippen MR) is 120 cm³/mol. The van der Waals surface area contributed by atoms with Gasteiger partial charge in [0, 0.05) is 42.8 Å². The number of rotatable bonds is 9. The van der Waals surface area contributed by atoms with E-state index in [2.05, 4.69) is 5.32 Å². The monoisotopic (exact) mass is 451 g/mol. The molecule has 0 bridgehead atoms. The van der Waals surface area contributed by atoms with Gasteiger partial charge in [-0.2, -0.15) is 0 Å². The molecular formula is C23H25N5O5. The second-order valence-electron chi connectivity index (χ2n) is 8.03. The van der Waals surface area contributed by atoms with E-state index in [-0.39, 0.29) is 24.2 Å². The van der Waals surface area contributed by atoms with Gasteiger partial charge in [-0.3, -0.25) is 14.9 Å². The highest BCUT2D eigenvalue weighted by atomic mass is 16.6. The molecule has 172 valence electrons. The Morgan fingerprint density at radius 2 is 1.91 bits per heavy atom. The number of non-ortho nitro benzene ring substituents is 1. The Morgan fingerprint density at radius 3 is 2.48 bits per heavy atom. The number of benzene rings is 1. The van der Waals surface area contributed by atoms with Crippen LogP contribution < -0.4 is 5.32 Å². The van der Waals surface area contributed by atoms with Gasteiger partial charge in [0.05, 0.1) is 24.3 Å². The van der Waals surface area contributed by atoms with E-state index >= 15 is 0 Å². The van der Waals surface area contributed by atoms with Crippen LogP contribution in [0.4, 0.5) is 16.2 Å². The molecular weight excluding hydrogens is 426 g/mol. The van der Waals surface area contributed by atoms with Crippen LogP contribution in [0, 0.1) is 10.1 Å². The van der Waals surface area contributed by atoms with Crippen molar-refractivity contribution >= 4 is 23.3 Å². The molecule has 4 rings (SSSR count). The predicted octanol–water partition coefficient (Wildman–Crippen LogP) is 3.75. The second kappa shape index (κ2) is 9.60. The van der Waals surface area contributed by atoms with Crippen LogP contribution in [0.15, 0.2) is 65.4 Å². The number of aryl methyl sites for hydroxylation is 1. The fraction of sp³-hybridized carbons (Fsp3) is 0.304. The number of hydrogen-bond donors (Lipinski definition) is 1. The van der Waals surface area contributed by atoms with Gasteiger partial charge < -0.3 is 24.1 Å². The van der Waals surface area contributed by atoms with Gasteiger partial charge in [-0.25, -0.2) is 4.79 Å². The standard InChI is InChI=1S/C23H25N5O5/c1-25-12-2-4-20(25)14-26(15-21-5-3-13-33-21)22(29)16-27(18-10-11-18)23(30)24-17-6-8-19(9-7-17)28(31)32/h2-9,12-13,18H,10-11,14-16H2,1H3,(H,24,30). The summed E-state index contributed by atoms with van der Waals surface area (Å²) in [7, 11) is 1.92. The van der Waals surface area contributed by atoms with Gasteiger partial charge in [0.15, 0.2) is 0 Å². The molecule has 1 aliphatic carbocycles. The second-order valence-corrected chi connectivity index (χ2v) is 8.03. The number of amides is 3. The summed E-state index contributed by atoms with van der Waals surface area (Å²) >= 11 is 0. The summed E-state index contributed by atoms with van der Waals surface area (Å²) < 4.78 is 7.39. The largest absolute Gasteiger partial charge is 0.467 e. The van der Waals surface area contributed by atoms with E-state index in [1.165, 1.54) is 29.2 Å². The molecule has 10 heteroatoms. The third-order valence-corrected chi connectivity index (χ3v) is 5.57. The van der Waals surface area contributed by atoms with Crippen LogP contribution in [0.1, 0.15) is 24.3 Å². The summed E-state index contributed by atoms with van der Waals surface area (Å²) in [6, 6.07) is 12.6. The van der Waals surface area contributed by atoms with Crippen molar-refractivity contribution in [1.82, 2.24) is 14.4 Å². The third-order valence-electron chi connectivity index (χ3n) is 5.57. The molecule has 0 radical (unpaired) electrons. The summed E-state index contributed by atoms with van der Waals surface area (Å²) in [5.74, 6) is 0.462. The lowest BCUT2D eigenvalue weighted by molar-refractivity contribution is -0.384. The lowest BCUT2D eigenvalue weighted by atomic mass is 10.3. The molecule has 3 aromatic rings. The number of aromatic nitrogens is 1. The minimum atomic E-state index is -0.499.